The van der Waals surface area contributed by atoms with Crippen LogP contribution in [0.25, 0.3) is 0 Å². The van der Waals surface area contributed by atoms with Gasteiger partial charge in [0.2, 0.25) is 0 Å². The van der Waals surface area contributed by atoms with Gasteiger partial charge in [0.1, 0.15) is 0 Å². The number of rotatable bonds is 5. The number of aliphatic hydroxyl groups excluding tert-OH is 1. The van der Waals surface area contributed by atoms with E-state index in [1.54, 1.807) is 0 Å². The largest absolute Gasteiger partial charge is 0.394 e. The highest BCUT2D eigenvalue weighted by atomic mass is 16.3. The second-order valence-electron chi connectivity index (χ2n) is 5.40. The summed E-state index contributed by atoms with van der Waals surface area (Å²) in [6.45, 7) is 3.92. The first-order valence-electron chi connectivity index (χ1n) is 6.79. The van der Waals surface area contributed by atoms with Crippen molar-refractivity contribution in [1.29, 1.82) is 0 Å². The summed E-state index contributed by atoms with van der Waals surface area (Å²) in [6.07, 6.45) is 7.59. The van der Waals surface area contributed by atoms with Crippen molar-refractivity contribution in [2.24, 2.45) is 0 Å². The van der Waals surface area contributed by atoms with E-state index in [9.17, 15) is 9.90 Å². The van der Waals surface area contributed by atoms with Gasteiger partial charge in [-0.15, -0.1) is 0 Å². The molecule has 0 aliphatic heterocycles. The van der Waals surface area contributed by atoms with Gasteiger partial charge in [-0.25, -0.2) is 4.79 Å². The van der Waals surface area contributed by atoms with Gasteiger partial charge in [-0.2, -0.15) is 0 Å². The van der Waals surface area contributed by atoms with E-state index < -0.39 is 5.54 Å². The first kappa shape index (κ1) is 14.3. The fraction of sp³-hybridized carbons (Fsp3) is 0.923. The van der Waals surface area contributed by atoms with E-state index in [1.165, 1.54) is 19.3 Å². The van der Waals surface area contributed by atoms with Crippen molar-refractivity contribution in [3.63, 3.8) is 0 Å². The summed E-state index contributed by atoms with van der Waals surface area (Å²) in [5.41, 5.74) is -0.493. The molecule has 0 radical (unpaired) electrons. The maximum Gasteiger partial charge on any atom is 0.315 e. The number of nitrogens with one attached hydrogen (secondary N) is 2. The molecule has 0 spiro atoms. The Morgan fingerprint density at radius 2 is 2.00 bits per heavy atom. The van der Waals surface area contributed by atoms with Crippen molar-refractivity contribution in [3.05, 3.63) is 0 Å². The van der Waals surface area contributed by atoms with E-state index in [1.807, 2.05) is 6.92 Å². The van der Waals surface area contributed by atoms with Gasteiger partial charge in [-0.05, 0) is 26.2 Å². The van der Waals surface area contributed by atoms with Gasteiger partial charge in [0, 0.05) is 6.04 Å². The molecule has 0 aromatic carbocycles. The molecule has 17 heavy (non-hydrogen) atoms. The Morgan fingerprint density at radius 1 is 1.35 bits per heavy atom. The van der Waals surface area contributed by atoms with Gasteiger partial charge in [0.05, 0.1) is 12.1 Å². The number of amides is 2. The zero-order chi connectivity index (χ0) is 12.7. The van der Waals surface area contributed by atoms with Crippen molar-refractivity contribution in [2.45, 2.75) is 70.4 Å². The van der Waals surface area contributed by atoms with Crippen LogP contribution in [0.15, 0.2) is 0 Å². The minimum Gasteiger partial charge on any atom is -0.394 e. The highest BCUT2D eigenvalue weighted by molar-refractivity contribution is 5.75. The molecule has 100 valence electrons. The van der Waals surface area contributed by atoms with Crippen LogP contribution >= 0.6 is 0 Å². The monoisotopic (exact) mass is 242 g/mol. The molecular formula is C13H26N2O2. The predicted octanol–water partition coefficient (Wildman–Crippen LogP) is 2.17. The molecule has 0 saturated heterocycles. The second-order valence-corrected chi connectivity index (χ2v) is 5.40. The highest BCUT2D eigenvalue weighted by Crippen LogP contribution is 2.17. The fourth-order valence-corrected chi connectivity index (χ4v) is 2.48. The lowest BCUT2D eigenvalue weighted by Gasteiger charge is -2.30. The van der Waals surface area contributed by atoms with Crippen LogP contribution in [0.5, 0.6) is 0 Å². The summed E-state index contributed by atoms with van der Waals surface area (Å²) in [5, 5.41) is 15.2. The molecular weight excluding hydrogens is 216 g/mol. The number of hydrogen-bond donors (Lipinski definition) is 3. The van der Waals surface area contributed by atoms with Gasteiger partial charge < -0.3 is 15.7 Å². The van der Waals surface area contributed by atoms with E-state index in [0.29, 0.717) is 6.04 Å². The third kappa shape index (κ3) is 4.94. The van der Waals surface area contributed by atoms with E-state index in [0.717, 1.165) is 25.7 Å². The Balaban J connectivity index is 2.36. The summed E-state index contributed by atoms with van der Waals surface area (Å²) in [5.74, 6) is 0. The van der Waals surface area contributed by atoms with Gasteiger partial charge in [-0.3, -0.25) is 0 Å². The maximum atomic E-state index is 11.8. The lowest BCUT2D eigenvalue weighted by atomic mass is 9.95. The van der Waals surface area contributed by atoms with Crippen LogP contribution in [0.4, 0.5) is 4.79 Å². The number of carbonyl (C=O) groups excluding carboxylic acids is 1. The zero-order valence-corrected chi connectivity index (χ0v) is 11.1. The van der Waals surface area contributed by atoms with Crippen molar-refractivity contribution in [1.82, 2.24) is 10.6 Å². The van der Waals surface area contributed by atoms with Crippen LogP contribution in [0.2, 0.25) is 0 Å². The van der Waals surface area contributed by atoms with E-state index >= 15 is 0 Å². The molecule has 1 aliphatic carbocycles. The highest BCUT2D eigenvalue weighted by Gasteiger charge is 2.25. The lowest BCUT2D eigenvalue weighted by Crippen LogP contribution is -2.54. The standard InChI is InChI=1S/C13H26N2O2/c1-3-9-13(2,10-16)15-12(17)14-11-7-5-4-6-8-11/h11,16H,3-10H2,1-2H3,(H2,14,15,17). The molecule has 1 rings (SSSR count). The maximum absolute atomic E-state index is 11.8. The van der Waals surface area contributed by atoms with Gasteiger partial charge >= 0.3 is 6.03 Å². The topological polar surface area (TPSA) is 61.4 Å². The zero-order valence-electron chi connectivity index (χ0n) is 11.1. The average Bonchev–Trinajstić information content (AvgIpc) is 2.30. The molecule has 1 aliphatic rings. The normalized spacial score (nSPS) is 20.6. The van der Waals surface area contributed by atoms with Crippen molar-refractivity contribution in [3.8, 4) is 0 Å². The van der Waals surface area contributed by atoms with Crippen LogP contribution in [-0.4, -0.2) is 29.3 Å². The third-order valence-electron chi connectivity index (χ3n) is 3.51. The van der Waals surface area contributed by atoms with Crippen LogP contribution in [0.1, 0.15) is 58.8 Å². The summed E-state index contributed by atoms with van der Waals surface area (Å²) in [7, 11) is 0. The van der Waals surface area contributed by atoms with Gasteiger partial charge in [0.15, 0.2) is 0 Å². The van der Waals surface area contributed by atoms with Crippen LogP contribution in [0.3, 0.4) is 0 Å². The molecule has 4 nitrogen and oxygen atoms in total. The minimum absolute atomic E-state index is 0.0150. The molecule has 0 heterocycles. The molecule has 0 aromatic heterocycles. The third-order valence-corrected chi connectivity index (χ3v) is 3.51. The summed E-state index contributed by atoms with van der Waals surface area (Å²) >= 11 is 0. The first-order valence-corrected chi connectivity index (χ1v) is 6.79. The smallest absolute Gasteiger partial charge is 0.315 e. The van der Waals surface area contributed by atoms with E-state index in [4.69, 9.17) is 0 Å². The molecule has 1 fully saturated rings. The Labute approximate surface area is 104 Å². The molecule has 1 unspecified atom stereocenters. The first-order chi connectivity index (χ1) is 8.09. The fourth-order valence-electron chi connectivity index (χ4n) is 2.48. The lowest BCUT2D eigenvalue weighted by molar-refractivity contribution is 0.161. The number of hydrogen-bond acceptors (Lipinski definition) is 2. The molecule has 0 aromatic rings. The Kier molecular flexibility index (Phi) is 5.75. The second kappa shape index (κ2) is 6.84. The van der Waals surface area contributed by atoms with E-state index in [-0.39, 0.29) is 12.6 Å². The summed E-state index contributed by atoms with van der Waals surface area (Å²) in [6, 6.07) is 0.176. The number of aliphatic hydroxyl groups is 1. The Morgan fingerprint density at radius 3 is 2.53 bits per heavy atom. The Bertz CT molecular complexity index is 240. The summed E-state index contributed by atoms with van der Waals surface area (Å²) < 4.78 is 0. The van der Waals surface area contributed by atoms with Crippen LogP contribution in [-0.2, 0) is 0 Å². The van der Waals surface area contributed by atoms with Crippen molar-refractivity contribution < 1.29 is 9.90 Å². The van der Waals surface area contributed by atoms with E-state index in [2.05, 4.69) is 17.6 Å². The predicted molar refractivity (Wildman–Crippen MR) is 68.9 cm³/mol. The minimum atomic E-state index is -0.493. The molecule has 3 N–H and O–H groups in total. The van der Waals surface area contributed by atoms with Gasteiger partial charge in [-0.1, -0.05) is 32.6 Å². The molecule has 2 amide bonds. The average molecular weight is 242 g/mol. The van der Waals surface area contributed by atoms with Crippen molar-refractivity contribution in [2.75, 3.05) is 6.61 Å². The van der Waals surface area contributed by atoms with Crippen molar-refractivity contribution >= 4 is 6.03 Å². The SMILES string of the molecule is CCCC(C)(CO)NC(=O)NC1CCCCC1. The van der Waals surface area contributed by atoms with Crippen LogP contribution < -0.4 is 10.6 Å². The van der Waals surface area contributed by atoms with Gasteiger partial charge in [0.25, 0.3) is 0 Å². The molecule has 1 atom stereocenters. The number of carbonyl (C=O) groups is 1. The van der Waals surface area contributed by atoms with Crippen LogP contribution in [0, 0.1) is 0 Å². The molecule has 4 heteroatoms. The quantitative estimate of drug-likeness (QED) is 0.692. The molecule has 1 saturated carbocycles. The Hall–Kier alpha value is -0.770. The summed E-state index contributed by atoms with van der Waals surface area (Å²) in [4.78, 5) is 11.8. The molecule has 0 bridgehead atoms. The number of urea groups is 1.